The van der Waals surface area contributed by atoms with Crippen molar-refractivity contribution in [2.75, 3.05) is 56.7 Å². The van der Waals surface area contributed by atoms with E-state index in [1.807, 2.05) is 0 Å². The van der Waals surface area contributed by atoms with Crippen molar-refractivity contribution < 1.29 is 27.2 Å². The number of amides is 3. The van der Waals surface area contributed by atoms with E-state index in [4.69, 9.17) is 10.5 Å². The van der Waals surface area contributed by atoms with Crippen molar-refractivity contribution in [1.82, 2.24) is 14.8 Å². The molecular formula is C35H42N7O5S+. The molecule has 3 aliphatic heterocycles. The molecule has 0 saturated carbocycles. The molecule has 48 heavy (non-hydrogen) atoms. The monoisotopic (exact) mass is 672 g/mol. The first-order valence-electron chi connectivity index (χ1n) is 16.6. The van der Waals surface area contributed by atoms with Crippen molar-refractivity contribution in [2.24, 2.45) is 5.73 Å². The zero-order valence-electron chi connectivity index (χ0n) is 27.4. The summed E-state index contributed by atoms with van der Waals surface area (Å²) in [6, 6.07) is 17.0. The molecule has 13 heteroatoms. The van der Waals surface area contributed by atoms with Gasteiger partial charge in [-0.3, -0.25) is 9.69 Å². The SMILES string of the molecule is CCCN1CCN(C2CC[N+](C(N)=O)(C3(c4cccnc4OCC)C(=O)N(S(=O)(=O)c4ccccc4)c4ccc(C#N)cc43)CC2)CC1. The number of ether oxygens (including phenoxy) is 1. The Hall–Kier alpha value is -4.35. The van der Waals surface area contributed by atoms with Crippen molar-refractivity contribution >= 4 is 27.6 Å². The number of carbonyl (C=O) groups excluding carboxylic acids is 2. The Morgan fingerprint density at radius 3 is 2.38 bits per heavy atom. The summed E-state index contributed by atoms with van der Waals surface area (Å²) in [5, 5.41) is 10.0. The van der Waals surface area contributed by atoms with Gasteiger partial charge in [-0.1, -0.05) is 25.1 Å². The maximum Gasteiger partial charge on any atom is 0.415 e. The molecule has 0 bridgehead atoms. The van der Waals surface area contributed by atoms with Crippen LogP contribution in [0, 0.1) is 11.3 Å². The molecule has 3 amide bonds. The summed E-state index contributed by atoms with van der Waals surface area (Å²) in [6.45, 7) is 9.28. The molecule has 1 aromatic heterocycles. The number of fused-ring (bicyclic) bond motifs is 1. The van der Waals surface area contributed by atoms with E-state index >= 15 is 4.79 Å². The third-order valence-electron chi connectivity index (χ3n) is 10.2. The van der Waals surface area contributed by atoms with E-state index in [0.29, 0.717) is 12.8 Å². The van der Waals surface area contributed by atoms with Crippen LogP contribution < -0.4 is 14.8 Å². The van der Waals surface area contributed by atoms with Crippen molar-refractivity contribution in [2.45, 2.75) is 49.6 Å². The number of piperazine rings is 1. The minimum atomic E-state index is -4.49. The number of likely N-dealkylation sites (tertiary alicyclic amines) is 1. The number of pyridine rings is 1. The lowest BCUT2D eigenvalue weighted by molar-refractivity contribution is -0.897. The fraction of sp³-hybridized carbons (Fsp3) is 0.429. The highest BCUT2D eigenvalue weighted by Crippen LogP contribution is 2.56. The number of anilines is 1. The number of nitriles is 1. The Labute approximate surface area is 281 Å². The Balaban J connectivity index is 1.56. The minimum absolute atomic E-state index is 0.0575. The molecule has 2 saturated heterocycles. The van der Waals surface area contributed by atoms with Crippen LogP contribution in [0.3, 0.4) is 0 Å². The Bertz CT molecular complexity index is 1830. The summed E-state index contributed by atoms with van der Waals surface area (Å²) >= 11 is 0. The van der Waals surface area contributed by atoms with Crippen LogP contribution in [0.15, 0.2) is 71.8 Å². The number of primary amides is 1. The molecule has 3 aliphatic rings. The second kappa shape index (κ2) is 13.3. The lowest BCUT2D eigenvalue weighted by Crippen LogP contribution is -2.74. The van der Waals surface area contributed by atoms with Crippen LogP contribution in [0.25, 0.3) is 0 Å². The predicted molar refractivity (Wildman–Crippen MR) is 179 cm³/mol. The summed E-state index contributed by atoms with van der Waals surface area (Å²) < 4.78 is 35.1. The topological polar surface area (TPSA) is 150 Å². The number of sulfonamides is 1. The first kappa shape index (κ1) is 33.5. The molecule has 2 aromatic carbocycles. The van der Waals surface area contributed by atoms with E-state index in [1.165, 1.54) is 36.5 Å². The summed E-state index contributed by atoms with van der Waals surface area (Å²) in [7, 11) is -4.49. The van der Waals surface area contributed by atoms with Gasteiger partial charge in [0.25, 0.3) is 10.0 Å². The summed E-state index contributed by atoms with van der Waals surface area (Å²) in [6.07, 6.45) is 3.72. The van der Waals surface area contributed by atoms with E-state index in [2.05, 4.69) is 27.8 Å². The third-order valence-corrected chi connectivity index (χ3v) is 11.9. The summed E-state index contributed by atoms with van der Waals surface area (Å²) in [5.41, 5.74) is 5.10. The first-order valence-corrected chi connectivity index (χ1v) is 18.0. The number of rotatable bonds is 9. The molecule has 0 spiro atoms. The van der Waals surface area contributed by atoms with Gasteiger partial charge in [-0.05, 0) is 62.4 Å². The van der Waals surface area contributed by atoms with Crippen LogP contribution in [-0.4, -0.2) is 98.1 Å². The van der Waals surface area contributed by atoms with Gasteiger partial charge >= 0.3 is 11.9 Å². The molecule has 0 aliphatic carbocycles. The zero-order valence-corrected chi connectivity index (χ0v) is 28.2. The highest BCUT2D eigenvalue weighted by Gasteiger charge is 2.72. The second-order valence-electron chi connectivity index (χ2n) is 12.6. The number of nitrogens with two attached hydrogens (primary N) is 1. The van der Waals surface area contributed by atoms with Gasteiger partial charge in [0.15, 0.2) is 0 Å². The van der Waals surface area contributed by atoms with Crippen LogP contribution in [-0.2, 0) is 20.4 Å². The Kier molecular flexibility index (Phi) is 9.28. The molecule has 0 radical (unpaired) electrons. The molecule has 1 atom stereocenters. The van der Waals surface area contributed by atoms with Gasteiger partial charge in [0.05, 0.1) is 53.0 Å². The number of carbonyl (C=O) groups is 2. The van der Waals surface area contributed by atoms with E-state index in [-0.39, 0.29) is 58.9 Å². The van der Waals surface area contributed by atoms with E-state index < -0.39 is 32.0 Å². The molecule has 2 fully saturated rings. The fourth-order valence-electron chi connectivity index (χ4n) is 7.95. The van der Waals surface area contributed by atoms with Crippen molar-refractivity contribution in [3.63, 3.8) is 0 Å². The standard InChI is InChI=1S/C35H41N7O5S/c1-3-17-39-18-20-40(21-19-39)27-14-22-42(23-15-27,34(37)44)35(29-11-8-16-38-32(29)47-4-2)30-24-26(25-36)12-13-31(30)41(33(35)43)48(45,46)28-9-6-5-7-10-28/h5-13,16,24,27H,3-4,14-15,17-23H2,1-2H3,(H-,37,44)/p+1. The van der Waals surface area contributed by atoms with Gasteiger partial charge in [0, 0.05) is 51.3 Å². The average Bonchev–Trinajstić information content (AvgIpc) is 3.38. The Morgan fingerprint density at radius 1 is 1.04 bits per heavy atom. The summed E-state index contributed by atoms with van der Waals surface area (Å²) in [5.74, 6) is -0.774. The molecular weight excluding hydrogens is 630 g/mol. The Morgan fingerprint density at radius 2 is 1.75 bits per heavy atom. The number of hydrogen-bond donors (Lipinski definition) is 1. The van der Waals surface area contributed by atoms with Crippen molar-refractivity contribution in [3.05, 3.63) is 83.6 Å². The maximum absolute atomic E-state index is 15.5. The van der Waals surface area contributed by atoms with Gasteiger partial charge in [-0.25, -0.2) is 22.7 Å². The normalized spacial score (nSPS) is 25.0. The number of benzene rings is 2. The lowest BCUT2D eigenvalue weighted by Gasteiger charge is -2.52. The van der Waals surface area contributed by atoms with E-state index in [9.17, 15) is 18.5 Å². The molecule has 4 heterocycles. The van der Waals surface area contributed by atoms with Crippen LogP contribution in [0.2, 0.25) is 0 Å². The van der Waals surface area contributed by atoms with Crippen LogP contribution >= 0.6 is 0 Å². The second-order valence-corrected chi connectivity index (χ2v) is 14.4. The minimum Gasteiger partial charge on any atom is -0.478 e. The highest BCUT2D eigenvalue weighted by molar-refractivity contribution is 7.93. The first-order chi connectivity index (χ1) is 23.1. The van der Waals surface area contributed by atoms with Crippen molar-refractivity contribution in [1.29, 1.82) is 5.26 Å². The van der Waals surface area contributed by atoms with Gasteiger partial charge in [0.2, 0.25) is 11.4 Å². The zero-order chi connectivity index (χ0) is 34.1. The molecule has 2 N–H and O–H groups in total. The smallest absolute Gasteiger partial charge is 0.415 e. The number of urea groups is 1. The third kappa shape index (κ3) is 5.24. The molecule has 1 unspecified atom stereocenters. The van der Waals surface area contributed by atoms with Crippen molar-refractivity contribution in [3.8, 4) is 11.9 Å². The number of quaternary nitrogens is 1. The number of piperidine rings is 1. The number of nitrogens with zero attached hydrogens (tertiary/aromatic N) is 6. The van der Waals surface area contributed by atoms with E-state index in [0.717, 1.165) is 43.4 Å². The highest BCUT2D eigenvalue weighted by atomic mass is 32.2. The van der Waals surface area contributed by atoms with Gasteiger partial charge < -0.3 is 15.4 Å². The molecule has 6 rings (SSSR count). The lowest BCUT2D eigenvalue weighted by atomic mass is 9.77. The molecule has 12 nitrogen and oxygen atoms in total. The number of hydrogen-bond acceptors (Lipinski definition) is 9. The van der Waals surface area contributed by atoms with Crippen LogP contribution in [0.5, 0.6) is 5.88 Å². The van der Waals surface area contributed by atoms with Gasteiger partial charge in [-0.2, -0.15) is 9.57 Å². The maximum atomic E-state index is 15.5. The largest absolute Gasteiger partial charge is 0.478 e. The molecule has 252 valence electrons. The quantitative estimate of drug-likeness (QED) is 0.338. The van der Waals surface area contributed by atoms with E-state index in [1.54, 1.807) is 37.3 Å². The predicted octanol–water partition coefficient (Wildman–Crippen LogP) is 3.42. The summed E-state index contributed by atoms with van der Waals surface area (Å²) in [4.78, 5) is 38.9. The fourth-order valence-corrected chi connectivity index (χ4v) is 9.43. The van der Waals surface area contributed by atoms with Gasteiger partial charge in [0.1, 0.15) is 0 Å². The molecule has 3 aromatic rings. The number of aromatic nitrogens is 1. The van der Waals surface area contributed by atoms with Crippen LogP contribution in [0.4, 0.5) is 10.5 Å². The van der Waals surface area contributed by atoms with Gasteiger partial charge in [-0.15, -0.1) is 0 Å². The van der Waals surface area contributed by atoms with Crippen LogP contribution in [0.1, 0.15) is 49.8 Å². The average molecular weight is 673 g/mol.